The molecule has 0 aliphatic carbocycles. The summed E-state index contributed by atoms with van der Waals surface area (Å²) in [5.74, 6) is 0.645. The van der Waals surface area contributed by atoms with E-state index in [1.54, 1.807) is 0 Å². The van der Waals surface area contributed by atoms with E-state index in [4.69, 9.17) is 4.42 Å². The molecule has 1 N–H and O–H groups in total. The molecule has 1 aromatic heterocycles. The Hall–Kier alpha value is -1.10. The molecule has 104 valence electrons. The molecule has 1 atom stereocenters. The van der Waals surface area contributed by atoms with Gasteiger partial charge in [-0.1, -0.05) is 32.8 Å². The molecule has 0 fully saturated rings. The summed E-state index contributed by atoms with van der Waals surface area (Å²) in [6, 6.07) is 0.917. The van der Waals surface area contributed by atoms with Gasteiger partial charge in [0.15, 0.2) is 0 Å². The van der Waals surface area contributed by atoms with E-state index >= 15 is 0 Å². The molecule has 18 heavy (non-hydrogen) atoms. The van der Waals surface area contributed by atoms with E-state index in [2.05, 4.69) is 50.1 Å². The SMILES string of the molecule is CCCNCc1nnc(N(C)C(C)C(C)(C)C)o1. The van der Waals surface area contributed by atoms with Crippen molar-refractivity contribution in [3.63, 3.8) is 0 Å². The highest BCUT2D eigenvalue weighted by atomic mass is 16.4. The normalized spacial score (nSPS) is 13.7. The molecule has 5 heteroatoms. The van der Waals surface area contributed by atoms with Crippen molar-refractivity contribution < 1.29 is 4.42 Å². The van der Waals surface area contributed by atoms with E-state index in [0.29, 0.717) is 24.5 Å². The molecule has 0 radical (unpaired) electrons. The molecule has 0 aliphatic rings. The minimum atomic E-state index is 0.170. The summed E-state index contributed by atoms with van der Waals surface area (Å²) in [5, 5.41) is 11.4. The lowest BCUT2D eigenvalue weighted by Crippen LogP contribution is -2.39. The first-order chi connectivity index (χ1) is 8.36. The molecule has 5 nitrogen and oxygen atoms in total. The van der Waals surface area contributed by atoms with Gasteiger partial charge in [-0.2, -0.15) is 0 Å². The van der Waals surface area contributed by atoms with Crippen LogP contribution in [-0.4, -0.2) is 29.8 Å². The Morgan fingerprint density at radius 3 is 2.56 bits per heavy atom. The zero-order valence-electron chi connectivity index (χ0n) is 12.4. The van der Waals surface area contributed by atoms with Crippen LogP contribution < -0.4 is 10.2 Å². The molecule has 0 spiro atoms. The number of nitrogens with one attached hydrogen (secondary N) is 1. The minimum Gasteiger partial charge on any atom is -0.407 e. The van der Waals surface area contributed by atoms with Crippen LogP contribution in [0.25, 0.3) is 0 Å². The summed E-state index contributed by atoms with van der Waals surface area (Å²) in [6.07, 6.45) is 1.10. The molecular weight excluding hydrogens is 228 g/mol. The fourth-order valence-electron chi connectivity index (χ4n) is 1.58. The number of aromatic nitrogens is 2. The number of nitrogens with zero attached hydrogens (tertiary/aromatic N) is 3. The molecular formula is C13H26N4O. The number of anilines is 1. The van der Waals surface area contributed by atoms with E-state index in [-0.39, 0.29) is 5.41 Å². The third kappa shape index (κ3) is 3.98. The van der Waals surface area contributed by atoms with E-state index in [1.165, 1.54) is 0 Å². The zero-order chi connectivity index (χ0) is 13.8. The Bertz CT molecular complexity index is 356. The van der Waals surface area contributed by atoms with Gasteiger partial charge >= 0.3 is 6.01 Å². The first-order valence-electron chi connectivity index (χ1n) is 6.62. The van der Waals surface area contributed by atoms with Crippen molar-refractivity contribution in [3.8, 4) is 0 Å². The maximum absolute atomic E-state index is 5.65. The maximum atomic E-state index is 5.65. The van der Waals surface area contributed by atoms with Crippen LogP contribution in [0.2, 0.25) is 0 Å². The highest BCUT2D eigenvalue weighted by Gasteiger charge is 2.26. The van der Waals surface area contributed by atoms with Crippen LogP contribution >= 0.6 is 0 Å². The third-order valence-electron chi connectivity index (χ3n) is 3.30. The fraction of sp³-hybridized carbons (Fsp3) is 0.846. The van der Waals surface area contributed by atoms with Crippen LogP contribution in [0.4, 0.5) is 6.01 Å². The third-order valence-corrected chi connectivity index (χ3v) is 3.30. The summed E-state index contributed by atoms with van der Waals surface area (Å²) in [7, 11) is 1.99. The second-order valence-electron chi connectivity index (χ2n) is 5.81. The quantitative estimate of drug-likeness (QED) is 0.790. The standard InChI is InChI=1S/C13H26N4O/c1-7-8-14-9-11-15-16-12(18-11)17(6)10(2)13(3,4)5/h10,14H,7-9H2,1-6H3. The van der Waals surface area contributed by atoms with Crippen molar-refractivity contribution in [1.29, 1.82) is 0 Å². The first-order valence-corrected chi connectivity index (χ1v) is 6.62. The summed E-state index contributed by atoms with van der Waals surface area (Å²) in [4.78, 5) is 2.04. The number of hydrogen-bond acceptors (Lipinski definition) is 5. The largest absolute Gasteiger partial charge is 0.407 e. The molecule has 1 unspecified atom stereocenters. The van der Waals surface area contributed by atoms with Crippen molar-refractivity contribution in [2.45, 2.75) is 53.6 Å². The lowest BCUT2D eigenvalue weighted by atomic mass is 9.87. The van der Waals surface area contributed by atoms with Crippen LogP contribution in [0, 0.1) is 5.41 Å². The van der Waals surface area contributed by atoms with Crippen LogP contribution in [-0.2, 0) is 6.54 Å². The van der Waals surface area contributed by atoms with Crippen molar-refractivity contribution in [2.24, 2.45) is 5.41 Å². The Balaban J connectivity index is 2.62. The maximum Gasteiger partial charge on any atom is 0.318 e. The van der Waals surface area contributed by atoms with E-state index in [0.717, 1.165) is 13.0 Å². The topological polar surface area (TPSA) is 54.2 Å². The summed E-state index contributed by atoms with van der Waals surface area (Å²) in [6.45, 7) is 12.5. The smallest absolute Gasteiger partial charge is 0.318 e. The van der Waals surface area contributed by atoms with E-state index < -0.39 is 0 Å². The Kier molecular flexibility index (Phi) is 5.14. The van der Waals surface area contributed by atoms with Crippen LogP contribution in [0.5, 0.6) is 0 Å². The predicted molar refractivity (Wildman–Crippen MR) is 73.6 cm³/mol. The monoisotopic (exact) mass is 254 g/mol. The van der Waals surface area contributed by atoms with Crippen molar-refractivity contribution in [1.82, 2.24) is 15.5 Å². The molecule has 0 saturated heterocycles. The van der Waals surface area contributed by atoms with E-state index in [9.17, 15) is 0 Å². The van der Waals surface area contributed by atoms with E-state index in [1.807, 2.05) is 11.9 Å². The van der Waals surface area contributed by atoms with Gasteiger partial charge in [0.05, 0.1) is 6.54 Å². The second kappa shape index (κ2) is 6.18. The van der Waals surface area contributed by atoms with Crippen LogP contribution in [0.1, 0.15) is 46.9 Å². The number of hydrogen-bond donors (Lipinski definition) is 1. The number of rotatable bonds is 6. The molecule has 0 aliphatic heterocycles. The highest BCUT2D eigenvalue weighted by molar-refractivity contribution is 5.25. The molecule has 0 aromatic carbocycles. The van der Waals surface area contributed by atoms with Crippen molar-refractivity contribution >= 4 is 6.01 Å². The fourth-order valence-corrected chi connectivity index (χ4v) is 1.58. The van der Waals surface area contributed by atoms with Gasteiger partial charge in [-0.3, -0.25) is 0 Å². The Morgan fingerprint density at radius 2 is 2.00 bits per heavy atom. The zero-order valence-corrected chi connectivity index (χ0v) is 12.4. The Morgan fingerprint density at radius 1 is 1.33 bits per heavy atom. The summed E-state index contributed by atoms with van der Waals surface area (Å²) >= 11 is 0. The van der Waals surface area contributed by atoms with Gasteiger partial charge in [-0.25, -0.2) is 0 Å². The van der Waals surface area contributed by atoms with Gasteiger partial charge in [0, 0.05) is 13.1 Å². The molecule has 0 amide bonds. The predicted octanol–water partition coefficient (Wildman–Crippen LogP) is 2.44. The van der Waals surface area contributed by atoms with Gasteiger partial charge in [-0.15, -0.1) is 5.10 Å². The van der Waals surface area contributed by atoms with Crippen LogP contribution in [0.15, 0.2) is 4.42 Å². The summed E-state index contributed by atoms with van der Waals surface area (Å²) in [5.41, 5.74) is 0.170. The lowest BCUT2D eigenvalue weighted by Gasteiger charge is -2.34. The molecule has 1 rings (SSSR count). The molecule has 0 saturated carbocycles. The molecule has 1 heterocycles. The highest BCUT2D eigenvalue weighted by Crippen LogP contribution is 2.26. The lowest BCUT2D eigenvalue weighted by molar-refractivity contribution is 0.316. The van der Waals surface area contributed by atoms with Gasteiger partial charge < -0.3 is 14.6 Å². The van der Waals surface area contributed by atoms with Gasteiger partial charge in [0.1, 0.15) is 0 Å². The Labute approximate surface area is 110 Å². The minimum absolute atomic E-state index is 0.170. The average molecular weight is 254 g/mol. The van der Waals surface area contributed by atoms with Crippen LogP contribution in [0.3, 0.4) is 0 Å². The molecule has 1 aromatic rings. The van der Waals surface area contributed by atoms with Gasteiger partial charge in [0.2, 0.25) is 5.89 Å². The second-order valence-corrected chi connectivity index (χ2v) is 5.81. The average Bonchev–Trinajstić information content (AvgIpc) is 2.75. The van der Waals surface area contributed by atoms with Gasteiger partial charge in [-0.05, 0) is 25.3 Å². The van der Waals surface area contributed by atoms with Gasteiger partial charge in [0.25, 0.3) is 0 Å². The van der Waals surface area contributed by atoms with Crippen molar-refractivity contribution in [2.75, 3.05) is 18.5 Å². The summed E-state index contributed by atoms with van der Waals surface area (Å²) < 4.78 is 5.65. The first kappa shape index (κ1) is 15.0. The molecule has 0 bridgehead atoms. The van der Waals surface area contributed by atoms with Crippen molar-refractivity contribution in [3.05, 3.63) is 5.89 Å².